The van der Waals surface area contributed by atoms with E-state index >= 15 is 0 Å². The molecule has 0 N–H and O–H groups in total. The molecule has 2 aromatic heterocycles. The fourth-order valence-electron chi connectivity index (χ4n) is 4.47. The maximum Gasteiger partial charge on any atom is 0.243 e. The van der Waals surface area contributed by atoms with Crippen molar-refractivity contribution in [3.05, 3.63) is 96.7 Å². The summed E-state index contributed by atoms with van der Waals surface area (Å²) in [4.78, 5) is 34.8. The first-order valence-electron chi connectivity index (χ1n) is 12.3. The Hall–Kier alpha value is -4.15. The number of hydrogen-bond acceptors (Lipinski definition) is 6. The molecule has 1 amide bonds. The van der Waals surface area contributed by atoms with Crippen molar-refractivity contribution >= 4 is 21.7 Å². The topological polar surface area (TPSA) is 105 Å². The quantitative estimate of drug-likeness (QED) is 0.355. The van der Waals surface area contributed by atoms with Crippen LogP contribution in [0, 0.1) is 0 Å². The predicted molar refractivity (Wildman–Crippen MR) is 142 cm³/mol. The van der Waals surface area contributed by atoms with Crippen molar-refractivity contribution in [3.8, 4) is 16.9 Å². The molecule has 1 saturated heterocycles. The Labute approximate surface area is 221 Å². The number of imidazole rings is 1. The summed E-state index contributed by atoms with van der Waals surface area (Å²) in [5, 5.41) is 0. The molecule has 0 spiro atoms. The van der Waals surface area contributed by atoms with Gasteiger partial charge in [-0.1, -0.05) is 36.4 Å². The van der Waals surface area contributed by atoms with Gasteiger partial charge in [-0.05, 0) is 41.8 Å². The van der Waals surface area contributed by atoms with Crippen LogP contribution in [0.4, 0.5) is 0 Å². The highest BCUT2D eigenvalue weighted by Gasteiger charge is 2.27. The molecule has 1 aliphatic rings. The number of pyridine rings is 1. The minimum Gasteiger partial charge on any atom is -0.342 e. The van der Waals surface area contributed by atoms with Gasteiger partial charge in [0.05, 0.1) is 4.90 Å². The van der Waals surface area contributed by atoms with Crippen LogP contribution in [0.2, 0.25) is 0 Å². The van der Waals surface area contributed by atoms with Crippen molar-refractivity contribution in [2.75, 3.05) is 26.2 Å². The number of carbonyl (C=O) groups excluding carboxylic acids is 2. The van der Waals surface area contributed by atoms with Crippen molar-refractivity contribution in [1.82, 2.24) is 23.7 Å². The molecule has 0 unspecified atom stereocenters. The third kappa shape index (κ3) is 5.27. The largest absolute Gasteiger partial charge is 0.342 e. The van der Waals surface area contributed by atoms with Gasteiger partial charge in [0.15, 0.2) is 5.78 Å². The average Bonchev–Trinajstić information content (AvgIpc) is 3.36. The lowest BCUT2D eigenvalue weighted by atomic mass is 10.0. The number of carbonyl (C=O) groups is 2. The Morgan fingerprint density at radius 3 is 2.11 bits per heavy atom. The summed E-state index contributed by atoms with van der Waals surface area (Å²) in [6.45, 7) is 3.12. The van der Waals surface area contributed by atoms with E-state index in [0.29, 0.717) is 43.0 Å². The van der Waals surface area contributed by atoms with Gasteiger partial charge >= 0.3 is 0 Å². The van der Waals surface area contributed by atoms with Crippen LogP contribution < -0.4 is 0 Å². The van der Waals surface area contributed by atoms with E-state index in [1.807, 2.05) is 12.1 Å². The molecule has 5 rings (SSSR count). The molecule has 3 heterocycles. The zero-order chi connectivity index (χ0) is 26.7. The lowest BCUT2D eigenvalue weighted by molar-refractivity contribution is -0.128. The number of benzene rings is 2. The Balaban J connectivity index is 1.27. The Kier molecular flexibility index (Phi) is 7.17. The molecule has 0 bridgehead atoms. The summed E-state index contributed by atoms with van der Waals surface area (Å²) < 4.78 is 29.6. The fourth-order valence-corrected chi connectivity index (χ4v) is 5.94. The number of amides is 1. The Morgan fingerprint density at radius 2 is 1.50 bits per heavy atom. The van der Waals surface area contributed by atoms with E-state index in [2.05, 4.69) is 9.97 Å². The van der Waals surface area contributed by atoms with Crippen molar-refractivity contribution < 1.29 is 18.0 Å². The second-order valence-corrected chi connectivity index (χ2v) is 11.0. The lowest BCUT2D eigenvalue weighted by Crippen LogP contribution is -2.36. The van der Waals surface area contributed by atoms with Gasteiger partial charge in [0.1, 0.15) is 12.1 Å². The monoisotopic (exact) mass is 529 g/mol. The highest BCUT2D eigenvalue weighted by Crippen LogP contribution is 2.25. The average molecular weight is 530 g/mol. The first kappa shape index (κ1) is 25.5. The second kappa shape index (κ2) is 10.7. The van der Waals surface area contributed by atoms with Crippen LogP contribution in [-0.4, -0.2) is 70.0 Å². The van der Waals surface area contributed by atoms with E-state index in [-0.39, 0.29) is 23.1 Å². The molecular formula is C28H27N5O4S. The summed E-state index contributed by atoms with van der Waals surface area (Å²) in [5.41, 5.74) is 2.72. The zero-order valence-corrected chi connectivity index (χ0v) is 21.7. The van der Waals surface area contributed by atoms with E-state index in [0.717, 1.165) is 11.1 Å². The first-order valence-corrected chi connectivity index (χ1v) is 13.7. The molecule has 194 valence electrons. The molecule has 0 atom stereocenters. The molecular weight excluding hydrogens is 502 g/mol. The van der Waals surface area contributed by atoms with Crippen LogP contribution in [0.1, 0.15) is 29.3 Å². The van der Waals surface area contributed by atoms with Gasteiger partial charge in [0.25, 0.3) is 0 Å². The molecule has 9 nitrogen and oxygen atoms in total. The third-order valence-electron chi connectivity index (χ3n) is 6.65. The molecule has 0 radical (unpaired) electrons. The van der Waals surface area contributed by atoms with Crippen LogP contribution in [0.25, 0.3) is 16.9 Å². The van der Waals surface area contributed by atoms with Gasteiger partial charge in [0, 0.05) is 62.8 Å². The van der Waals surface area contributed by atoms with Crippen molar-refractivity contribution in [3.63, 3.8) is 0 Å². The number of rotatable bonds is 6. The molecule has 1 fully saturated rings. The second-order valence-electron chi connectivity index (χ2n) is 9.07. The minimum absolute atomic E-state index is 0.0403. The maximum atomic E-state index is 13.2. The van der Waals surface area contributed by atoms with E-state index < -0.39 is 10.0 Å². The fraction of sp³-hybridized carbons (Fsp3) is 0.214. The lowest BCUT2D eigenvalue weighted by Gasteiger charge is -2.21. The van der Waals surface area contributed by atoms with E-state index in [1.54, 1.807) is 82.9 Å². The normalized spacial score (nSPS) is 14.7. The van der Waals surface area contributed by atoms with Crippen LogP contribution >= 0.6 is 0 Å². The maximum absolute atomic E-state index is 13.2. The number of sulfonamides is 1. The molecule has 4 aromatic rings. The highest BCUT2D eigenvalue weighted by molar-refractivity contribution is 7.89. The van der Waals surface area contributed by atoms with Crippen molar-refractivity contribution in [1.29, 1.82) is 0 Å². The molecule has 1 aliphatic heterocycles. The van der Waals surface area contributed by atoms with Crippen molar-refractivity contribution in [2.45, 2.75) is 18.2 Å². The summed E-state index contributed by atoms with van der Waals surface area (Å²) in [6.07, 6.45) is 7.24. The standard InChI is InChI=1S/C28H27N5O4S/c1-21(34)31-14-2-15-33(18-17-31)38(36,37)26-10-7-23(8-11-26)22-3-5-24(6-4-22)28(35)25-9-12-27(30-19-25)32-16-13-29-20-32/h3-13,16,19-20H,2,14-15,17-18H2,1H3. The molecule has 10 heteroatoms. The van der Waals surface area contributed by atoms with Crippen LogP contribution in [-0.2, 0) is 14.8 Å². The molecule has 38 heavy (non-hydrogen) atoms. The number of nitrogens with zero attached hydrogens (tertiary/aromatic N) is 5. The SMILES string of the molecule is CC(=O)N1CCCN(S(=O)(=O)c2ccc(-c3ccc(C(=O)c4ccc(-n5ccnc5)nc4)cc3)cc2)CC1. The van der Waals surface area contributed by atoms with E-state index in [1.165, 1.54) is 11.2 Å². The predicted octanol–water partition coefficient (Wildman–Crippen LogP) is 3.41. The Bertz CT molecular complexity index is 1530. The molecule has 2 aromatic carbocycles. The minimum atomic E-state index is -3.66. The zero-order valence-electron chi connectivity index (χ0n) is 20.9. The molecule has 0 saturated carbocycles. The van der Waals surface area contributed by atoms with E-state index in [4.69, 9.17) is 0 Å². The van der Waals surface area contributed by atoms with Crippen LogP contribution in [0.3, 0.4) is 0 Å². The number of aromatic nitrogens is 3. The molecule has 0 aliphatic carbocycles. The first-order chi connectivity index (χ1) is 18.3. The van der Waals surface area contributed by atoms with Gasteiger partial charge in [-0.15, -0.1) is 0 Å². The van der Waals surface area contributed by atoms with Gasteiger partial charge in [-0.25, -0.2) is 18.4 Å². The summed E-state index contributed by atoms with van der Waals surface area (Å²) in [6, 6.07) is 17.4. The van der Waals surface area contributed by atoms with Crippen LogP contribution in [0.15, 0.2) is 90.5 Å². The number of ketones is 1. The number of hydrogen-bond donors (Lipinski definition) is 0. The van der Waals surface area contributed by atoms with Gasteiger partial charge in [-0.3, -0.25) is 14.2 Å². The van der Waals surface area contributed by atoms with Gasteiger partial charge in [-0.2, -0.15) is 4.31 Å². The summed E-state index contributed by atoms with van der Waals surface area (Å²) in [7, 11) is -3.66. The van der Waals surface area contributed by atoms with E-state index in [9.17, 15) is 18.0 Å². The summed E-state index contributed by atoms with van der Waals surface area (Å²) in [5.74, 6) is 0.499. The smallest absolute Gasteiger partial charge is 0.243 e. The Morgan fingerprint density at radius 1 is 0.816 bits per heavy atom. The van der Waals surface area contributed by atoms with Gasteiger partial charge < -0.3 is 4.90 Å². The van der Waals surface area contributed by atoms with Gasteiger partial charge in [0.2, 0.25) is 15.9 Å². The van der Waals surface area contributed by atoms with Crippen molar-refractivity contribution in [2.24, 2.45) is 0 Å². The van der Waals surface area contributed by atoms with Crippen LogP contribution in [0.5, 0.6) is 0 Å². The highest BCUT2D eigenvalue weighted by atomic mass is 32.2. The third-order valence-corrected chi connectivity index (χ3v) is 8.56. The summed E-state index contributed by atoms with van der Waals surface area (Å²) >= 11 is 0.